The third-order valence-electron chi connectivity index (χ3n) is 7.80. The number of aryl methyl sites for hydroxylation is 1. The van der Waals surface area contributed by atoms with Crippen LogP contribution >= 0.6 is 11.3 Å². The number of hydrogen-bond acceptors (Lipinski definition) is 5. The second-order valence-electron chi connectivity index (χ2n) is 10.7. The fourth-order valence-electron chi connectivity index (χ4n) is 5.72. The zero-order chi connectivity index (χ0) is 27.2. The summed E-state index contributed by atoms with van der Waals surface area (Å²) < 4.78 is 38.2. The van der Waals surface area contributed by atoms with Gasteiger partial charge in [0.1, 0.15) is 0 Å². The Bertz CT molecular complexity index is 916. The molecule has 0 unspecified atom stereocenters. The van der Waals surface area contributed by atoms with Crippen molar-refractivity contribution in [3.05, 3.63) is 21.4 Å². The normalized spacial score (nSPS) is 27.6. The van der Waals surface area contributed by atoms with Crippen LogP contribution in [-0.4, -0.2) is 59.8 Å². The van der Waals surface area contributed by atoms with Crippen LogP contribution in [0.1, 0.15) is 87.5 Å². The van der Waals surface area contributed by atoms with Crippen LogP contribution in [0.5, 0.6) is 0 Å². The fourth-order valence-corrected chi connectivity index (χ4v) is 6.89. The first-order valence-corrected chi connectivity index (χ1v) is 14.4. The molecule has 37 heavy (non-hydrogen) atoms. The summed E-state index contributed by atoms with van der Waals surface area (Å²) in [7, 11) is 0. The van der Waals surface area contributed by atoms with Crippen LogP contribution in [0, 0.1) is 5.92 Å². The van der Waals surface area contributed by atoms with Gasteiger partial charge in [-0.1, -0.05) is 26.7 Å². The molecule has 3 heterocycles. The zero-order valence-corrected chi connectivity index (χ0v) is 23.0. The zero-order valence-electron chi connectivity index (χ0n) is 22.2. The van der Waals surface area contributed by atoms with Gasteiger partial charge in [0.25, 0.3) is 0 Å². The maximum Gasteiger partial charge on any atom is 0.490 e. The Morgan fingerprint density at radius 1 is 1.27 bits per heavy atom. The summed E-state index contributed by atoms with van der Waals surface area (Å²) >= 11 is 2.01. The molecule has 2 aliphatic heterocycles. The molecule has 0 aromatic carbocycles. The number of amides is 1. The standard InChI is InChI=1S/C25H40N2O2S.C2HF3O2/c1-4-6-7-8-24(28)26-20-13-19(14-20)17-27-11-10-25(16-18(27)3)22-15-21(5-2)30-23(22)9-12-29-25;3-2(4,5)1(6)7/h15,18-20H,4-14,16-17H2,1-3H3,(H,26,28);(H,6,7)/t18-,19?,20?,25+;/m0./s1. The molecule has 210 valence electrons. The van der Waals surface area contributed by atoms with E-state index in [9.17, 15) is 18.0 Å². The predicted octanol–water partition coefficient (Wildman–Crippen LogP) is 5.67. The topological polar surface area (TPSA) is 78.9 Å². The van der Waals surface area contributed by atoms with E-state index in [1.807, 2.05) is 11.3 Å². The van der Waals surface area contributed by atoms with Crippen molar-refractivity contribution >= 4 is 23.2 Å². The second-order valence-corrected chi connectivity index (χ2v) is 11.9. The van der Waals surface area contributed by atoms with Gasteiger partial charge in [0.15, 0.2) is 0 Å². The highest BCUT2D eigenvalue weighted by atomic mass is 32.1. The number of likely N-dealkylation sites (tertiary alicyclic amines) is 1. The van der Waals surface area contributed by atoms with Crippen LogP contribution in [-0.2, 0) is 32.8 Å². The van der Waals surface area contributed by atoms with Crippen molar-refractivity contribution in [2.75, 3.05) is 19.7 Å². The van der Waals surface area contributed by atoms with E-state index < -0.39 is 12.1 Å². The monoisotopic (exact) mass is 546 g/mol. The first-order chi connectivity index (χ1) is 17.5. The van der Waals surface area contributed by atoms with Crippen molar-refractivity contribution in [2.24, 2.45) is 5.92 Å². The SMILES string of the molecule is CCCCCC(=O)NC1CC(CN2CC[C@]3(C[C@@H]2C)OCCc2sc(CC)cc23)C1.O=C(O)C(F)(F)F. The number of hydrogen-bond donors (Lipinski definition) is 2. The van der Waals surface area contributed by atoms with E-state index in [-0.39, 0.29) is 11.5 Å². The van der Waals surface area contributed by atoms with E-state index in [0.29, 0.717) is 18.5 Å². The summed E-state index contributed by atoms with van der Waals surface area (Å²) in [5, 5.41) is 10.4. The Labute approximate surface area is 221 Å². The van der Waals surface area contributed by atoms with Gasteiger partial charge in [-0.15, -0.1) is 11.3 Å². The third kappa shape index (κ3) is 7.93. The average molecular weight is 547 g/mol. The number of halogens is 3. The molecule has 0 bridgehead atoms. The minimum Gasteiger partial charge on any atom is -0.475 e. The first kappa shape index (κ1) is 29.9. The van der Waals surface area contributed by atoms with Crippen LogP contribution in [0.3, 0.4) is 0 Å². The number of carboxylic acids is 1. The maximum atomic E-state index is 12.0. The Morgan fingerprint density at radius 2 is 1.97 bits per heavy atom. The number of carbonyl (C=O) groups excluding carboxylic acids is 1. The van der Waals surface area contributed by atoms with Gasteiger partial charge in [-0.2, -0.15) is 13.2 Å². The van der Waals surface area contributed by atoms with Crippen molar-refractivity contribution in [3.8, 4) is 0 Å². The minimum absolute atomic E-state index is 0.0397. The lowest BCUT2D eigenvalue weighted by molar-refractivity contribution is -0.192. The van der Waals surface area contributed by atoms with Gasteiger partial charge in [0.2, 0.25) is 5.91 Å². The number of alkyl halides is 3. The van der Waals surface area contributed by atoms with Crippen LogP contribution in [0.15, 0.2) is 6.07 Å². The highest BCUT2D eigenvalue weighted by molar-refractivity contribution is 7.12. The number of thiophene rings is 1. The van der Waals surface area contributed by atoms with Crippen LogP contribution in [0.2, 0.25) is 0 Å². The number of ether oxygens (including phenoxy) is 1. The molecule has 1 aromatic rings. The van der Waals surface area contributed by atoms with Gasteiger partial charge < -0.3 is 20.1 Å². The van der Waals surface area contributed by atoms with Crippen LogP contribution < -0.4 is 5.32 Å². The van der Waals surface area contributed by atoms with E-state index in [0.717, 1.165) is 70.4 Å². The second kappa shape index (κ2) is 12.9. The van der Waals surface area contributed by atoms with Crippen molar-refractivity contribution in [2.45, 2.75) is 109 Å². The molecule has 1 aliphatic carbocycles. The van der Waals surface area contributed by atoms with Crippen molar-refractivity contribution < 1.29 is 32.6 Å². The van der Waals surface area contributed by atoms with Crippen LogP contribution in [0.4, 0.5) is 13.2 Å². The highest BCUT2D eigenvalue weighted by Gasteiger charge is 2.45. The number of piperidine rings is 1. The van der Waals surface area contributed by atoms with E-state index in [1.165, 1.54) is 23.4 Å². The molecule has 2 N–H and O–H groups in total. The molecule has 4 rings (SSSR count). The number of unbranched alkanes of at least 4 members (excludes halogenated alkanes) is 2. The van der Waals surface area contributed by atoms with E-state index in [4.69, 9.17) is 14.6 Å². The summed E-state index contributed by atoms with van der Waals surface area (Å²) in [4.78, 5) is 26.7. The highest BCUT2D eigenvalue weighted by Crippen LogP contribution is 2.46. The number of nitrogens with zero attached hydrogens (tertiary/aromatic N) is 1. The molecule has 3 aliphatic rings. The first-order valence-electron chi connectivity index (χ1n) is 13.6. The molecule has 1 spiro atoms. The summed E-state index contributed by atoms with van der Waals surface area (Å²) in [6.45, 7) is 10.0. The largest absolute Gasteiger partial charge is 0.490 e. The summed E-state index contributed by atoms with van der Waals surface area (Å²) in [5.74, 6) is -1.77. The Kier molecular flexibility index (Phi) is 10.5. The fraction of sp³-hybridized carbons (Fsp3) is 0.778. The molecule has 0 radical (unpaired) electrons. The van der Waals surface area contributed by atoms with E-state index >= 15 is 0 Å². The number of aliphatic carboxylic acids is 1. The molecule has 1 saturated carbocycles. The lowest BCUT2D eigenvalue weighted by Crippen LogP contribution is -2.54. The third-order valence-corrected chi connectivity index (χ3v) is 9.14. The lowest BCUT2D eigenvalue weighted by Gasteiger charge is -2.49. The quantitative estimate of drug-likeness (QED) is 0.411. The summed E-state index contributed by atoms with van der Waals surface area (Å²) in [5.41, 5.74) is 1.47. The van der Waals surface area contributed by atoms with Gasteiger partial charge >= 0.3 is 12.1 Å². The van der Waals surface area contributed by atoms with E-state index in [1.54, 1.807) is 4.88 Å². The maximum absolute atomic E-state index is 12.0. The molecule has 6 nitrogen and oxygen atoms in total. The summed E-state index contributed by atoms with van der Waals surface area (Å²) in [6, 6.07) is 3.41. The van der Waals surface area contributed by atoms with Crippen LogP contribution in [0.25, 0.3) is 0 Å². The van der Waals surface area contributed by atoms with Crippen molar-refractivity contribution in [3.63, 3.8) is 0 Å². The molecular formula is C27H41F3N2O4S. The number of carboxylic acid groups (broad SMARTS) is 1. The minimum atomic E-state index is -5.08. The van der Waals surface area contributed by atoms with Gasteiger partial charge in [-0.25, -0.2) is 4.79 Å². The average Bonchev–Trinajstić information content (AvgIpc) is 3.24. The molecule has 2 atom stereocenters. The number of rotatable bonds is 8. The van der Waals surface area contributed by atoms with Crippen molar-refractivity contribution in [1.82, 2.24) is 10.2 Å². The number of carbonyl (C=O) groups is 2. The molecular weight excluding hydrogens is 505 g/mol. The molecule has 10 heteroatoms. The predicted molar refractivity (Wildman–Crippen MR) is 138 cm³/mol. The smallest absolute Gasteiger partial charge is 0.475 e. The summed E-state index contributed by atoms with van der Waals surface area (Å²) in [6.07, 6.45) is 5.74. The molecule has 1 saturated heterocycles. The lowest BCUT2D eigenvalue weighted by atomic mass is 9.76. The van der Waals surface area contributed by atoms with Gasteiger partial charge in [-0.05, 0) is 63.0 Å². The van der Waals surface area contributed by atoms with Crippen molar-refractivity contribution in [1.29, 1.82) is 0 Å². The Morgan fingerprint density at radius 3 is 2.57 bits per heavy atom. The van der Waals surface area contributed by atoms with Gasteiger partial charge in [-0.3, -0.25) is 4.79 Å². The number of nitrogens with one attached hydrogen (secondary N) is 1. The van der Waals surface area contributed by atoms with E-state index in [2.05, 4.69) is 37.1 Å². The Balaban J connectivity index is 0.000000479. The van der Waals surface area contributed by atoms with Gasteiger partial charge in [0, 0.05) is 47.8 Å². The molecule has 1 aromatic heterocycles. The molecule has 2 fully saturated rings. The molecule has 1 amide bonds. The van der Waals surface area contributed by atoms with Gasteiger partial charge in [0.05, 0.1) is 12.2 Å². The number of fused-ring (bicyclic) bond motifs is 2. The Hall–Kier alpha value is -1.65.